The van der Waals surface area contributed by atoms with Crippen molar-refractivity contribution in [2.75, 3.05) is 32.8 Å². The highest BCUT2D eigenvalue weighted by atomic mass is 35.5. The number of carbonyl (C=O) groups excluding carboxylic acids is 1. The van der Waals surface area contributed by atoms with Crippen LogP contribution in [0.15, 0.2) is 54.6 Å². The van der Waals surface area contributed by atoms with Crippen LogP contribution in [0.3, 0.4) is 0 Å². The van der Waals surface area contributed by atoms with Crippen LogP contribution in [0.25, 0.3) is 0 Å². The first-order chi connectivity index (χ1) is 13.6. The van der Waals surface area contributed by atoms with E-state index in [1.54, 1.807) is 0 Å². The maximum Gasteiger partial charge on any atom is 0.255 e. The summed E-state index contributed by atoms with van der Waals surface area (Å²) in [5, 5.41) is 10.3. The maximum absolute atomic E-state index is 10.8. The summed E-state index contributed by atoms with van der Waals surface area (Å²) in [6.07, 6.45) is 1.34. The molecule has 2 aromatic rings. The minimum atomic E-state index is -0.545. The molecule has 0 spiro atoms. The number of nitrogens with two attached hydrogens (primary N) is 1. The minimum Gasteiger partial charge on any atom is -0.491 e. The molecule has 2 rings (SSSR count). The molecule has 1 atom stereocenters. The Labute approximate surface area is 179 Å². The number of aliphatic hydroxyl groups excluding tert-OH is 1. The predicted octanol–water partition coefficient (Wildman–Crippen LogP) is 2.67. The van der Waals surface area contributed by atoms with E-state index in [9.17, 15) is 9.90 Å². The molecule has 0 bridgehead atoms. The molecular weight excluding hydrogens is 392 g/mol. The number of carbonyl (C=O) groups is 1. The van der Waals surface area contributed by atoms with Gasteiger partial charge in [-0.1, -0.05) is 37.3 Å². The van der Waals surface area contributed by atoms with Gasteiger partial charge in [0.05, 0.1) is 0 Å². The first kappa shape index (κ1) is 24.8. The monoisotopic (exact) mass is 422 g/mol. The van der Waals surface area contributed by atoms with Gasteiger partial charge in [0.2, 0.25) is 0 Å². The van der Waals surface area contributed by atoms with Gasteiger partial charge in [0.1, 0.15) is 24.2 Å². The molecule has 0 heterocycles. The van der Waals surface area contributed by atoms with E-state index < -0.39 is 12.0 Å². The van der Waals surface area contributed by atoms with Crippen molar-refractivity contribution in [2.24, 2.45) is 5.73 Å². The molecule has 0 saturated heterocycles. The Bertz CT molecular complexity index is 698. The highest BCUT2D eigenvalue weighted by Crippen LogP contribution is 2.13. The van der Waals surface area contributed by atoms with Crippen LogP contribution in [0.5, 0.6) is 11.5 Å². The average Bonchev–Trinajstić information content (AvgIpc) is 2.70. The summed E-state index contributed by atoms with van der Waals surface area (Å²) in [5.41, 5.74) is 6.24. The molecule has 0 radical (unpaired) electrons. The lowest BCUT2D eigenvalue weighted by atomic mass is 10.1. The number of nitrogens with zero attached hydrogens (tertiary/aromatic N) is 1. The third kappa shape index (κ3) is 10.2. The van der Waals surface area contributed by atoms with Crippen LogP contribution >= 0.6 is 12.4 Å². The van der Waals surface area contributed by atoms with Crippen molar-refractivity contribution < 1.29 is 19.4 Å². The molecule has 3 N–H and O–H groups in total. The summed E-state index contributed by atoms with van der Waals surface area (Å²) >= 11 is 0. The van der Waals surface area contributed by atoms with Gasteiger partial charge in [0, 0.05) is 13.1 Å². The molecule has 0 aliphatic rings. The molecule has 2 aromatic carbocycles. The minimum absolute atomic E-state index is 0. The van der Waals surface area contributed by atoms with E-state index in [0.29, 0.717) is 12.3 Å². The summed E-state index contributed by atoms with van der Waals surface area (Å²) in [6, 6.07) is 17.2. The molecule has 160 valence electrons. The molecule has 29 heavy (non-hydrogen) atoms. The highest BCUT2D eigenvalue weighted by molar-refractivity contribution is 5.85. The lowest BCUT2D eigenvalue weighted by molar-refractivity contribution is -0.119. The van der Waals surface area contributed by atoms with Crippen LogP contribution in [0.1, 0.15) is 18.9 Å². The van der Waals surface area contributed by atoms with Crippen LogP contribution in [-0.4, -0.2) is 54.9 Å². The van der Waals surface area contributed by atoms with Crippen LogP contribution in [0, 0.1) is 0 Å². The van der Waals surface area contributed by atoms with Gasteiger partial charge in [-0.25, -0.2) is 0 Å². The van der Waals surface area contributed by atoms with Crippen molar-refractivity contribution in [1.82, 2.24) is 4.90 Å². The Kier molecular flexibility index (Phi) is 11.8. The second-order valence-electron chi connectivity index (χ2n) is 6.73. The summed E-state index contributed by atoms with van der Waals surface area (Å²) in [5.74, 6) is 0.901. The molecule has 0 aliphatic heterocycles. The zero-order valence-corrected chi connectivity index (χ0v) is 17.6. The normalized spacial score (nSPS) is 11.6. The number of primary amides is 1. The number of rotatable bonds is 13. The van der Waals surface area contributed by atoms with E-state index in [1.165, 1.54) is 5.56 Å². The van der Waals surface area contributed by atoms with Gasteiger partial charge >= 0.3 is 0 Å². The number of hydrogen-bond donors (Lipinski definition) is 2. The lowest BCUT2D eigenvalue weighted by Crippen LogP contribution is -2.37. The fourth-order valence-electron chi connectivity index (χ4n) is 2.86. The average molecular weight is 423 g/mol. The first-order valence-electron chi connectivity index (χ1n) is 9.65. The van der Waals surface area contributed by atoms with Crippen molar-refractivity contribution in [3.05, 3.63) is 60.2 Å². The summed E-state index contributed by atoms with van der Waals surface area (Å²) in [4.78, 5) is 13.0. The third-order valence-electron chi connectivity index (χ3n) is 4.22. The molecule has 1 unspecified atom stereocenters. The summed E-state index contributed by atoms with van der Waals surface area (Å²) < 4.78 is 10.9. The van der Waals surface area contributed by atoms with Gasteiger partial charge in [-0.15, -0.1) is 12.4 Å². The van der Waals surface area contributed by atoms with Gasteiger partial charge in [0.15, 0.2) is 6.61 Å². The van der Waals surface area contributed by atoms with E-state index in [0.717, 1.165) is 31.7 Å². The number of amides is 1. The molecule has 0 aromatic heterocycles. The van der Waals surface area contributed by atoms with Crippen LogP contribution in [0.2, 0.25) is 0 Å². The van der Waals surface area contributed by atoms with E-state index >= 15 is 0 Å². The zero-order valence-electron chi connectivity index (χ0n) is 16.8. The van der Waals surface area contributed by atoms with Gasteiger partial charge in [-0.05, 0) is 49.2 Å². The van der Waals surface area contributed by atoms with Gasteiger partial charge in [-0.2, -0.15) is 0 Å². The van der Waals surface area contributed by atoms with Crippen LogP contribution < -0.4 is 15.2 Å². The van der Waals surface area contributed by atoms with Gasteiger partial charge in [-0.3, -0.25) is 4.79 Å². The maximum atomic E-state index is 10.8. The molecule has 6 nitrogen and oxygen atoms in total. The van der Waals surface area contributed by atoms with Crippen molar-refractivity contribution >= 4 is 18.3 Å². The number of aliphatic hydroxyl groups is 1. The van der Waals surface area contributed by atoms with E-state index in [-0.39, 0.29) is 25.6 Å². The number of hydrogen-bond acceptors (Lipinski definition) is 5. The summed E-state index contributed by atoms with van der Waals surface area (Å²) in [7, 11) is 0. The fraction of sp³-hybridized carbons (Fsp3) is 0.409. The number of halogens is 1. The SMILES string of the molecule is CCCN(CCc1ccc(OCC(N)=O)cc1)CC(O)COc1ccccc1.Cl. The largest absolute Gasteiger partial charge is 0.491 e. The zero-order chi connectivity index (χ0) is 20.2. The van der Waals surface area contributed by atoms with Crippen molar-refractivity contribution in [1.29, 1.82) is 0 Å². The number of para-hydroxylation sites is 1. The molecular formula is C22H31ClN2O4. The van der Waals surface area contributed by atoms with Crippen molar-refractivity contribution in [2.45, 2.75) is 25.9 Å². The number of ether oxygens (including phenoxy) is 2. The Balaban J connectivity index is 0.00000420. The molecule has 7 heteroatoms. The topological polar surface area (TPSA) is 85.0 Å². The second-order valence-corrected chi connectivity index (χ2v) is 6.73. The number of benzene rings is 2. The first-order valence-corrected chi connectivity index (χ1v) is 9.65. The van der Waals surface area contributed by atoms with E-state index in [2.05, 4.69) is 11.8 Å². The van der Waals surface area contributed by atoms with Crippen molar-refractivity contribution in [3.63, 3.8) is 0 Å². The highest BCUT2D eigenvalue weighted by Gasteiger charge is 2.12. The van der Waals surface area contributed by atoms with Crippen LogP contribution in [-0.2, 0) is 11.2 Å². The van der Waals surface area contributed by atoms with E-state index in [1.807, 2.05) is 54.6 Å². The quantitative estimate of drug-likeness (QED) is 0.518. The van der Waals surface area contributed by atoms with Gasteiger partial charge in [0.25, 0.3) is 5.91 Å². The Morgan fingerprint density at radius 2 is 1.69 bits per heavy atom. The standard InChI is InChI=1S/C22H30N2O4.ClH/c1-2-13-24(15-19(25)16-27-20-6-4-3-5-7-20)14-12-18-8-10-21(11-9-18)28-17-22(23)26;/h3-11,19,25H,2,12-17H2,1H3,(H2,23,26);1H. The molecule has 0 saturated carbocycles. The second kappa shape index (κ2) is 13.8. The Morgan fingerprint density at radius 1 is 1.03 bits per heavy atom. The Morgan fingerprint density at radius 3 is 2.31 bits per heavy atom. The third-order valence-corrected chi connectivity index (χ3v) is 4.22. The van der Waals surface area contributed by atoms with E-state index in [4.69, 9.17) is 15.2 Å². The molecule has 1 amide bonds. The predicted molar refractivity (Wildman–Crippen MR) is 117 cm³/mol. The lowest BCUT2D eigenvalue weighted by Gasteiger charge is -2.24. The summed E-state index contributed by atoms with van der Waals surface area (Å²) in [6.45, 7) is 4.62. The molecule has 0 fully saturated rings. The van der Waals surface area contributed by atoms with Crippen molar-refractivity contribution in [3.8, 4) is 11.5 Å². The fourth-order valence-corrected chi connectivity index (χ4v) is 2.86. The molecule has 0 aliphatic carbocycles. The Hall–Kier alpha value is -2.28. The van der Waals surface area contributed by atoms with Crippen LogP contribution in [0.4, 0.5) is 0 Å². The van der Waals surface area contributed by atoms with Gasteiger partial charge < -0.3 is 25.2 Å². The smallest absolute Gasteiger partial charge is 0.255 e.